The van der Waals surface area contributed by atoms with Gasteiger partial charge in [-0.2, -0.15) is 0 Å². The average molecular weight is 172 g/mol. The van der Waals surface area contributed by atoms with Crippen molar-refractivity contribution in [1.29, 1.82) is 0 Å². The van der Waals surface area contributed by atoms with Crippen LogP contribution in [0.2, 0.25) is 0 Å². The van der Waals surface area contributed by atoms with Crippen LogP contribution in [0.25, 0.3) is 0 Å². The summed E-state index contributed by atoms with van der Waals surface area (Å²) in [4.78, 5) is 13.0. The molecule has 72 valence electrons. The van der Waals surface area contributed by atoms with Gasteiger partial charge in [-0.05, 0) is 5.92 Å². The summed E-state index contributed by atoms with van der Waals surface area (Å²) >= 11 is 0. The Morgan fingerprint density at radius 3 is 2.58 bits per heavy atom. The molecule has 0 aromatic carbocycles. The third-order valence-electron chi connectivity index (χ3n) is 2.07. The zero-order chi connectivity index (χ0) is 9.56. The van der Waals surface area contributed by atoms with Crippen molar-refractivity contribution >= 4 is 5.91 Å². The Labute approximate surface area is 74.9 Å². The third kappa shape index (κ3) is 4.34. The van der Waals surface area contributed by atoms with Gasteiger partial charge in [-0.3, -0.25) is 4.79 Å². The highest BCUT2D eigenvalue weighted by Crippen LogP contribution is 2.03. The van der Waals surface area contributed by atoms with Crippen LogP contribution >= 0.6 is 0 Å². The van der Waals surface area contributed by atoms with Gasteiger partial charge in [0.1, 0.15) is 0 Å². The molecule has 1 unspecified atom stereocenters. The first-order valence-corrected chi connectivity index (χ1v) is 4.55. The summed E-state index contributed by atoms with van der Waals surface area (Å²) in [6.07, 6.45) is 1.58. The molecule has 1 amide bonds. The molecule has 1 atom stereocenters. The van der Waals surface area contributed by atoms with Crippen LogP contribution in [0.3, 0.4) is 0 Å². The zero-order valence-electron chi connectivity index (χ0n) is 8.34. The van der Waals surface area contributed by atoms with Crippen LogP contribution in [-0.2, 0) is 4.79 Å². The van der Waals surface area contributed by atoms with E-state index in [9.17, 15) is 4.79 Å². The molecule has 3 nitrogen and oxygen atoms in total. The van der Waals surface area contributed by atoms with Crippen molar-refractivity contribution in [3.05, 3.63) is 0 Å². The van der Waals surface area contributed by atoms with E-state index in [0.717, 1.165) is 13.0 Å². The van der Waals surface area contributed by atoms with Gasteiger partial charge in [0.2, 0.25) is 5.91 Å². The second kappa shape index (κ2) is 6.00. The minimum absolute atomic E-state index is 0.151. The summed E-state index contributed by atoms with van der Waals surface area (Å²) in [5.41, 5.74) is 5.28. The Morgan fingerprint density at radius 1 is 1.58 bits per heavy atom. The molecule has 2 N–H and O–H groups in total. The fraction of sp³-hybridized carbons (Fsp3) is 0.889. The maximum Gasteiger partial charge on any atom is 0.223 e. The van der Waals surface area contributed by atoms with Crippen molar-refractivity contribution in [1.82, 2.24) is 4.90 Å². The van der Waals surface area contributed by atoms with Crippen molar-refractivity contribution in [2.24, 2.45) is 11.7 Å². The van der Waals surface area contributed by atoms with Crippen molar-refractivity contribution in [2.75, 3.05) is 20.1 Å². The molecule has 0 heterocycles. The number of nitrogens with two attached hydrogens (primary N) is 1. The van der Waals surface area contributed by atoms with Gasteiger partial charge in [0.15, 0.2) is 0 Å². The first-order chi connectivity index (χ1) is 5.61. The largest absolute Gasteiger partial charge is 0.345 e. The van der Waals surface area contributed by atoms with E-state index in [0.29, 0.717) is 18.9 Å². The van der Waals surface area contributed by atoms with E-state index >= 15 is 0 Å². The maximum atomic E-state index is 11.2. The lowest BCUT2D eigenvalue weighted by Crippen LogP contribution is -2.32. The second-order valence-corrected chi connectivity index (χ2v) is 3.33. The Hall–Kier alpha value is -0.570. The summed E-state index contributed by atoms with van der Waals surface area (Å²) in [5.74, 6) is 0.731. The molecule has 0 spiro atoms. The number of rotatable bonds is 5. The monoisotopic (exact) mass is 172 g/mol. The standard InChI is InChI=1S/C9H20N2O/c1-4-8(2)7-11(3)9(12)5-6-10/h8H,4-7,10H2,1-3H3. The molecule has 0 aliphatic carbocycles. The lowest BCUT2D eigenvalue weighted by Gasteiger charge is -2.20. The highest BCUT2D eigenvalue weighted by Gasteiger charge is 2.09. The van der Waals surface area contributed by atoms with E-state index in [-0.39, 0.29) is 5.91 Å². The van der Waals surface area contributed by atoms with Gasteiger partial charge in [0, 0.05) is 26.6 Å². The van der Waals surface area contributed by atoms with Crippen LogP contribution in [-0.4, -0.2) is 30.9 Å². The highest BCUT2D eigenvalue weighted by molar-refractivity contribution is 5.75. The lowest BCUT2D eigenvalue weighted by atomic mass is 10.1. The van der Waals surface area contributed by atoms with Gasteiger partial charge >= 0.3 is 0 Å². The normalized spacial score (nSPS) is 12.7. The summed E-state index contributed by atoms with van der Waals surface area (Å²) in [6.45, 7) is 5.57. The fourth-order valence-corrected chi connectivity index (χ4v) is 1.01. The Bertz CT molecular complexity index is 136. The Kier molecular flexibility index (Phi) is 5.72. The molecule has 12 heavy (non-hydrogen) atoms. The zero-order valence-corrected chi connectivity index (χ0v) is 8.34. The second-order valence-electron chi connectivity index (χ2n) is 3.33. The van der Waals surface area contributed by atoms with Crippen LogP contribution in [0.5, 0.6) is 0 Å². The highest BCUT2D eigenvalue weighted by atomic mass is 16.2. The average Bonchev–Trinajstić information content (AvgIpc) is 2.04. The van der Waals surface area contributed by atoms with Gasteiger partial charge in [-0.25, -0.2) is 0 Å². The molecule has 3 heteroatoms. The fourth-order valence-electron chi connectivity index (χ4n) is 1.01. The van der Waals surface area contributed by atoms with E-state index in [1.54, 1.807) is 4.90 Å². The maximum absolute atomic E-state index is 11.2. The van der Waals surface area contributed by atoms with E-state index in [4.69, 9.17) is 5.73 Å². The van der Waals surface area contributed by atoms with Crippen LogP contribution in [0.1, 0.15) is 26.7 Å². The van der Waals surface area contributed by atoms with Gasteiger partial charge < -0.3 is 10.6 Å². The SMILES string of the molecule is CCC(C)CN(C)C(=O)CCN. The third-order valence-corrected chi connectivity index (χ3v) is 2.07. The predicted molar refractivity (Wildman–Crippen MR) is 50.8 cm³/mol. The molecule has 0 saturated carbocycles. The van der Waals surface area contributed by atoms with E-state index < -0.39 is 0 Å². The summed E-state index contributed by atoms with van der Waals surface area (Å²) < 4.78 is 0. The Morgan fingerprint density at radius 2 is 2.17 bits per heavy atom. The topological polar surface area (TPSA) is 46.3 Å². The predicted octanol–water partition coefficient (Wildman–Crippen LogP) is 0.840. The van der Waals surface area contributed by atoms with Crippen LogP contribution in [0.4, 0.5) is 0 Å². The molecule has 0 aromatic rings. The molecule has 0 saturated heterocycles. The first-order valence-electron chi connectivity index (χ1n) is 4.55. The van der Waals surface area contributed by atoms with Crippen molar-refractivity contribution in [3.63, 3.8) is 0 Å². The molecule has 0 radical (unpaired) electrons. The minimum atomic E-state index is 0.151. The van der Waals surface area contributed by atoms with Crippen LogP contribution in [0.15, 0.2) is 0 Å². The van der Waals surface area contributed by atoms with E-state index in [1.807, 2.05) is 7.05 Å². The van der Waals surface area contributed by atoms with Gasteiger partial charge in [-0.1, -0.05) is 20.3 Å². The van der Waals surface area contributed by atoms with Gasteiger partial charge in [-0.15, -0.1) is 0 Å². The number of hydrogen-bond donors (Lipinski definition) is 1. The summed E-state index contributed by atoms with van der Waals surface area (Å²) in [7, 11) is 1.84. The number of carbonyl (C=O) groups excluding carboxylic acids is 1. The minimum Gasteiger partial charge on any atom is -0.345 e. The molecule has 0 fully saturated rings. The lowest BCUT2D eigenvalue weighted by molar-refractivity contribution is -0.130. The van der Waals surface area contributed by atoms with Crippen molar-refractivity contribution in [3.8, 4) is 0 Å². The number of hydrogen-bond acceptors (Lipinski definition) is 2. The first kappa shape index (κ1) is 11.4. The van der Waals surface area contributed by atoms with Crippen molar-refractivity contribution in [2.45, 2.75) is 26.7 Å². The molecular weight excluding hydrogens is 152 g/mol. The van der Waals surface area contributed by atoms with Gasteiger partial charge in [0.25, 0.3) is 0 Å². The molecular formula is C9H20N2O. The molecule has 0 bridgehead atoms. The molecule has 0 rings (SSSR count). The van der Waals surface area contributed by atoms with Gasteiger partial charge in [0.05, 0.1) is 0 Å². The van der Waals surface area contributed by atoms with Crippen molar-refractivity contribution < 1.29 is 4.79 Å². The summed E-state index contributed by atoms with van der Waals surface area (Å²) in [6, 6.07) is 0. The quantitative estimate of drug-likeness (QED) is 0.668. The molecule has 0 aromatic heterocycles. The van der Waals surface area contributed by atoms with E-state index in [2.05, 4.69) is 13.8 Å². The van der Waals surface area contributed by atoms with Crippen LogP contribution in [0, 0.1) is 5.92 Å². The Balaban J connectivity index is 3.70. The molecule has 0 aliphatic heterocycles. The molecule has 0 aliphatic rings. The summed E-state index contributed by atoms with van der Waals surface area (Å²) in [5, 5.41) is 0. The number of nitrogens with zero attached hydrogens (tertiary/aromatic N) is 1. The smallest absolute Gasteiger partial charge is 0.223 e. The number of carbonyl (C=O) groups is 1. The van der Waals surface area contributed by atoms with Crippen LogP contribution < -0.4 is 5.73 Å². The van der Waals surface area contributed by atoms with E-state index in [1.165, 1.54) is 0 Å². The number of amides is 1.